The van der Waals surface area contributed by atoms with E-state index in [2.05, 4.69) is 15.5 Å². The first-order chi connectivity index (χ1) is 10.2. The van der Waals surface area contributed by atoms with Crippen LogP contribution in [-0.4, -0.2) is 56.7 Å². The lowest BCUT2D eigenvalue weighted by molar-refractivity contribution is 0.0398. The number of hydrogen-bond donors (Lipinski definition) is 3. The normalized spacial score (nSPS) is 15.7. The second-order valence-electron chi connectivity index (χ2n) is 5.04. The smallest absolute Gasteiger partial charge is 0.251 e. The van der Waals surface area contributed by atoms with Gasteiger partial charge in [-0.15, -0.1) is 0 Å². The van der Waals surface area contributed by atoms with E-state index in [1.54, 1.807) is 12.1 Å². The van der Waals surface area contributed by atoms with Crippen LogP contribution in [0.25, 0.3) is 0 Å². The maximum Gasteiger partial charge on any atom is 0.251 e. The van der Waals surface area contributed by atoms with E-state index in [1.165, 1.54) is 0 Å². The number of anilines is 2. The average molecular weight is 292 g/mol. The summed E-state index contributed by atoms with van der Waals surface area (Å²) in [6.07, 6.45) is 0. The molecule has 1 aromatic carbocycles. The number of ether oxygens (including phenoxy) is 1. The zero-order chi connectivity index (χ0) is 15.1. The van der Waals surface area contributed by atoms with E-state index < -0.39 is 0 Å². The summed E-state index contributed by atoms with van der Waals surface area (Å²) < 4.78 is 5.32. The Morgan fingerprint density at radius 3 is 2.81 bits per heavy atom. The summed E-state index contributed by atoms with van der Waals surface area (Å²) in [5.74, 6) is -0.0935. The molecule has 6 nitrogen and oxygen atoms in total. The van der Waals surface area contributed by atoms with E-state index in [0.29, 0.717) is 17.8 Å². The van der Waals surface area contributed by atoms with Gasteiger partial charge < -0.3 is 21.1 Å². The molecule has 0 unspecified atom stereocenters. The van der Waals surface area contributed by atoms with Gasteiger partial charge in [0.25, 0.3) is 5.91 Å². The molecule has 1 fully saturated rings. The number of benzene rings is 1. The topological polar surface area (TPSA) is 79.6 Å². The van der Waals surface area contributed by atoms with Crippen LogP contribution in [0.5, 0.6) is 0 Å². The number of nitrogens with zero attached hydrogens (tertiary/aromatic N) is 1. The van der Waals surface area contributed by atoms with Crippen molar-refractivity contribution in [1.82, 2.24) is 10.2 Å². The molecule has 0 atom stereocenters. The van der Waals surface area contributed by atoms with Gasteiger partial charge in [-0.25, -0.2) is 0 Å². The van der Waals surface area contributed by atoms with E-state index in [-0.39, 0.29) is 5.91 Å². The quantitative estimate of drug-likeness (QED) is 0.675. The Morgan fingerprint density at radius 2 is 2.14 bits per heavy atom. The van der Waals surface area contributed by atoms with Crippen molar-refractivity contribution in [2.45, 2.75) is 6.92 Å². The third-order valence-electron chi connectivity index (χ3n) is 3.50. The molecule has 0 aliphatic carbocycles. The molecule has 0 radical (unpaired) electrons. The van der Waals surface area contributed by atoms with Crippen LogP contribution in [0.1, 0.15) is 17.3 Å². The van der Waals surface area contributed by atoms with Crippen LogP contribution in [0.4, 0.5) is 11.4 Å². The van der Waals surface area contributed by atoms with E-state index >= 15 is 0 Å². The highest BCUT2D eigenvalue weighted by molar-refractivity contribution is 5.96. The monoisotopic (exact) mass is 292 g/mol. The Kier molecular flexibility index (Phi) is 5.83. The van der Waals surface area contributed by atoms with Crippen molar-refractivity contribution in [2.24, 2.45) is 0 Å². The maximum absolute atomic E-state index is 11.7. The van der Waals surface area contributed by atoms with Gasteiger partial charge in [-0.2, -0.15) is 0 Å². The van der Waals surface area contributed by atoms with Crippen LogP contribution in [0.2, 0.25) is 0 Å². The molecule has 116 valence electrons. The van der Waals surface area contributed by atoms with Gasteiger partial charge in [0.05, 0.1) is 24.6 Å². The number of carbonyl (C=O) groups is 1. The zero-order valence-corrected chi connectivity index (χ0v) is 12.5. The second kappa shape index (κ2) is 7.85. The highest BCUT2D eigenvalue weighted by Gasteiger charge is 2.10. The molecule has 6 heteroatoms. The van der Waals surface area contributed by atoms with Crippen LogP contribution in [0, 0.1) is 0 Å². The van der Waals surface area contributed by atoms with Crippen LogP contribution < -0.4 is 16.4 Å². The van der Waals surface area contributed by atoms with Crippen molar-refractivity contribution in [3.05, 3.63) is 23.8 Å². The van der Waals surface area contributed by atoms with Crippen LogP contribution in [-0.2, 0) is 4.74 Å². The third-order valence-corrected chi connectivity index (χ3v) is 3.50. The van der Waals surface area contributed by atoms with Crippen LogP contribution >= 0.6 is 0 Å². The largest absolute Gasteiger partial charge is 0.397 e. The summed E-state index contributed by atoms with van der Waals surface area (Å²) in [5.41, 5.74) is 8.06. The van der Waals surface area contributed by atoms with Gasteiger partial charge in [0.15, 0.2) is 0 Å². The Labute approximate surface area is 125 Å². The number of nitrogens with one attached hydrogen (secondary N) is 2. The van der Waals surface area contributed by atoms with Crippen molar-refractivity contribution in [3.63, 3.8) is 0 Å². The number of nitrogens with two attached hydrogens (primary N) is 1. The summed E-state index contributed by atoms with van der Waals surface area (Å²) in [5, 5.41) is 6.08. The predicted molar refractivity (Wildman–Crippen MR) is 84.6 cm³/mol. The fraction of sp³-hybridized carbons (Fsp3) is 0.533. The molecule has 2 rings (SSSR count). The first kappa shape index (κ1) is 15.6. The fourth-order valence-corrected chi connectivity index (χ4v) is 2.30. The van der Waals surface area contributed by atoms with E-state index in [1.807, 2.05) is 13.0 Å². The molecular formula is C15H24N4O2. The Bertz CT molecular complexity index is 473. The summed E-state index contributed by atoms with van der Waals surface area (Å²) >= 11 is 0. The van der Waals surface area contributed by atoms with E-state index in [0.717, 1.165) is 45.1 Å². The summed E-state index contributed by atoms with van der Waals surface area (Å²) in [4.78, 5) is 14.1. The Morgan fingerprint density at radius 1 is 1.38 bits per heavy atom. The Balaban J connectivity index is 1.84. The first-order valence-electron chi connectivity index (χ1n) is 7.42. The van der Waals surface area contributed by atoms with Crippen molar-refractivity contribution >= 4 is 17.3 Å². The van der Waals surface area contributed by atoms with Crippen LogP contribution in [0.15, 0.2) is 18.2 Å². The molecule has 0 saturated carbocycles. The van der Waals surface area contributed by atoms with Gasteiger partial charge in [-0.3, -0.25) is 9.69 Å². The minimum Gasteiger partial charge on any atom is -0.397 e. The molecule has 1 aromatic rings. The van der Waals surface area contributed by atoms with E-state index in [4.69, 9.17) is 10.5 Å². The highest BCUT2D eigenvalue weighted by Crippen LogP contribution is 2.19. The van der Waals surface area contributed by atoms with Crippen molar-refractivity contribution in [2.75, 3.05) is 57.0 Å². The summed E-state index contributed by atoms with van der Waals surface area (Å²) in [6.45, 7) is 7.86. The molecular weight excluding hydrogens is 268 g/mol. The van der Waals surface area contributed by atoms with Crippen molar-refractivity contribution in [3.8, 4) is 0 Å². The minimum atomic E-state index is -0.0935. The van der Waals surface area contributed by atoms with Crippen molar-refractivity contribution in [1.29, 1.82) is 0 Å². The maximum atomic E-state index is 11.7. The molecule has 0 bridgehead atoms. The molecule has 21 heavy (non-hydrogen) atoms. The number of morpholine rings is 1. The second-order valence-corrected chi connectivity index (χ2v) is 5.04. The number of amides is 1. The van der Waals surface area contributed by atoms with Crippen molar-refractivity contribution < 1.29 is 9.53 Å². The lowest BCUT2D eigenvalue weighted by Crippen LogP contribution is -2.39. The van der Waals surface area contributed by atoms with Gasteiger partial charge in [-0.1, -0.05) is 0 Å². The lowest BCUT2D eigenvalue weighted by atomic mass is 10.1. The molecule has 1 amide bonds. The first-order valence-corrected chi connectivity index (χ1v) is 7.42. The van der Waals surface area contributed by atoms with Crippen LogP contribution in [0.3, 0.4) is 0 Å². The number of nitrogen functional groups attached to an aromatic ring is 1. The molecule has 0 spiro atoms. The molecule has 0 aromatic heterocycles. The van der Waals surface area contributed by atoms with Gasteiger partial charge in [-0.05, 0) is 25.1 Å². The molecule has 1 saturated heterocycles. The minimum absolute atomic E-state index is 0.0935. The molecule has 1 heterocycles. The SMILES string of the molecule is CCNC(=O)c1ccc(NCCN2CCOCC2)c(N)c1. The third kappa shape index (κ3) is 4.61. The number of carbonyl (C=O) groups excluding carboxylic acids is 1. The molecule has 4 N–H and O–H groups in total. The highest BCUT2D eigenvalue weighted by atomic mass is 16.5. The lowest BCUT2D eigenvalue weighted by Gasteiger charge is -2.26. The van der Waals surface area contributed by atoms with E-state index in [9.17, 15) is 4.79 Å². The molecule has 1 aliphatic heterocycles. The zero-order valence-electron chi connectivity index (χ0n) is 12.5. The number of rotatable bonds is 6. The fourth-order valence-electron chi connectivity index (χ4n) is 2.30. The summed E-state index contributed by atoms with van der Waals surface area (Å²) in [6, 6.07) is 5.36. The Hall–Kier alpha value is -1.79. The van der Waals surface area contributed by atoms with Gasteiger partial charge in [0, 0.05) is 38.3 Å². The van der Waals surface area contributed by atoms with Gasteiger partial charge in [0.1, 0.15) is 0 Å². The van der Waals surface area contributed by atoms with Gasteiger partial charge in [0.2, 0.25) is 0 Å². The number of hydrogen-bond acceptors (Lipinski definition) is 5. The standard InChI is InChI=1S/C15H24N4O2/c1-2-17-15(20)12-3-4-14(13(16)11-12)18-5-6-19-7-9-21-10-8-19/h3-4,11,18H,2,5-10,16H2,1H3,(H,17,20). The van der Waals surface area contributed by atoms with Gasteiger partial charge >= 0.3 is 0 Å². The average Bonchev–Trinajstić information content (AvgIpc) is 2.50. The summed E-state index contributed by atoms with van der Waals surface area (Å²) in [7, 11) is 0. The predicted octanol–water partition coefficient (Wildman–Crippen LogP) is 0.763. The molecule has 1 aliphatic rings.